The van der Waals surface area contributed by atoms with E-state index in [9.17, 15) is 0 Å². The van der Waals surface area contributed by atoms with Crippen LogP contribution in [0.1, 0.15) is 20.3 Å². The first-order valence-electron chi connectivity index (χ1n) is 6.48. The molecular formula is C14H18N4O. The monoisotopic (exact) mass is 258 g/mol. The van der Waals surface area contributed by atoms with Crippen LogP contribution in [0.2, 0.25) is 0 Å². The van der Waals surface area contributed by atoms with E-state index < -0.39 is 0 Å². The minimum atomic E-state index is 0.618. The van der Waals surface area contributed by atoms with Gasteiger partial charge in [-0.25, -0.2) is 4.98 Å². The van der Waals surface area contributed by atoms with E-state index >= 15 is 0 Å². The van der Waals surface area contributed by atoms with Crippen LogP contribution in [0.3, 0.4) is 0 Å². The smallest absolute Gasteiger partial charge is 0.152 e. The van der Waals surface area contributed by atoms with Crippen LogP contribution in [-0.4, -0.2) is 28.1 Å². The highest BCUT2D eigenvalue weighted by atomic mass is 16.5. The zero-order valence-corrected chi connectivity index (χ0v) is 11.3. The predicted molar refractivity (Wildman–Crippen MR) is 75.2 cm³/mol. The maximum Gasteiger partial charge on any atom is 0.152 e. The molecule has 2 rings (SSSR count). The first-order chi connectivity index (χ1) is 9.35. The Morgan fingerprint density at radius 2 is 2.00 bits per heavy atom. The molecule has 0 radical (unpaired) electrons. The molecule has 0 saturated heterocycles. The quantitative estimate of drug-likeness (QED) is 0.863. The first-order valence-corrected chi connectivity index (χ1v) is 6.48. The Bertz CT molecular complexity index is 530. The van der Waals surface area contributed by atoms with Crippen molar-refractivity contribution < 1.29 is 4.74 Å². The summed E-state index contributed by atoms with van der Waals surface area (Å²) in [5.74, 6) is 1.52. The van der Waals surface area contributed by atoms with Crippen molar-refractivity contribution in [3.05, 3.63) is 30.9 Å². The van der Waals surface area contributed by atoms with Gasteiger partial charge in [-0.2, -0.15) is 0 Å². The second-order valence-corrected chi connectivity index (χ2v) is 4.02. The lowest BCUT2D eigenvalue weighted by molar-refractivity contribution is 0.339. The summed E-state index contributed by atoms with van der Waals surface area (Å²) in [6.45, 7) is 5.54. The molecule has 0 fully saturated rings. The number of aromatic nitrogens is 3. The Morgan fingerprint density at radius 1 is 1.16 bits per heavy atom. The fourth-order valence-corrected chi connectivity index (χ4v) is 1.72. The number of hydrogen-bond acceptors (Lipinski definition) is 5. The van der Waals surface area contributed by atoms with Crippen molar-refractivity contribution in [3.63, 3.8) is 0 Å². The number of rotatable bonds is 6. The molecule has 2 heterocycles. The van der Waals surface area contributed by atoms with Crippen molar-refractivity contribution in [2.24, 2.45) is 0 Å². The second-order valence-electron chi connectivity index (χ2n) is 4.02. The van der Waals surface area contributed by atoms with Gasteiger partial charge in [0, 0.05) is 30.7 Å². The largest absolute Gasteiger partial charge is 0.492 e. The van der Waals surface area contributed by atoms with Gasteiger partial charge in [0.15, 0.2) is 5.82 Å². The molecule has 0 unspecified atom stereocenters. The van der Waals surface area contributed by atoms with E-state index in [1.807, 2.05) is 13.0 Å². The third kappa shape index (κ3) is 3.40. The van der Waals surface area contributed by atoms with E-state index in [1.54, 1.807) is 24.8 Å². The van der Waals surface area contributed by atoms with Crippen molar-refractivity contribution in [2.75, 3.05) is 18.5 Å². The average Bonchev–Trinajstić information content (AvgIpc) is 2.46. The molecule has 0 spiro atoms. The molecule has 0 aliphatic heterocycles. The zero-order valence-electron chi connectivity index (χ0n) is 11.3. The third-order valence-corrected chi connectivity index (χ3v) is 2.54. The van der Waals surface area contributed by atoms with E-state index in [1.165, 1.54) is 0 Å². The minimum Gasteiger partial charge on any atom is -0.492 e. The molecule has 19 heavy (non-hydrogen) atoms. The maximum absolute atomic E-state index is 5.46. The summed E-state index contributed by atoms with van der Waals surface area (Å²) < 4.78 is 5.46. The van der Waals surface area contributed by atoms with E-state index in [4.69, 9.17) is 4.74 Å². The highest BCUT2D eigenvalue weighted by Gasteiger charge is 2.08. The van der Waals surface area contributed by atoms with Gasteiger partial charge in [0.05, 0.1) is 12.8 Å². The summed E-state index contributed by atoms with van der Waals surface area (Å²) in [6, 6.07) is 1.93. The first kappa shape index (κ1) is 13.3. The molecule has 0 aromatic carbocycles. The molecule has 2 aromatic heterocycles. The number of hydrogen-bond donors (Lipinski definition) is 1. The number of nitrogens with zero attached hydrogens (tertiary/aromatic N) is 3. The predicted octanol–water partition coefficient (Wildman–Crippen LogP) is 2.76. The fraction of sp³-hybridized carbons (Fsp3) is 0.357. The van der Waals surface area contributed by atoms with Gasteiger partial charge < -0.3 is 10.1 Å². The van der Waals surface area contributed by atoms with Gasteiger partial charge >= 0.3 is 0 Å². The Kier molecular flexibility index (Phi) is 4.66. The molecule has 2 aromatic rings. The molecule has 5 nitrogen and oxygen atoms in total. The van der Waals surface area contributed by atoms with Gasteiger partial charge in [-0.05, 0) is 19.4 Å². The van der Waals surface area contributed by atoms with Crippen molar-refractivity contribution in [2.45, 2.75) is 20.3 Å². The molecule has 0 aliphatic rings. The van der Waals surface area contributed by atoms with Gasteiger partial charge in [-0.3, -0.25) is 9.97 Å². The lowest BCUT2D eigenvalue weighted by atomic mass is 10.2. The summed E-state index contributed by atoms with van der Waals surface area (Å²) in [5.41, 5.74) is 1.70. The lowest BCUT2D eigenvalue weighted by Gasteiger charge is -2.10. The topological polar surface area (TPSA) is 59.9 Å². The molecule has 0 bridgehead atoms. The average molecular weight is 258 g/mol. The van der Waals surface area contributed by atoms with Crippen LogP contribution in [0.5, 0.6) is 5.75 Å². The number of pyridine rings is 1. The van der Waals surface area contributed by atoms with Crippen LogP contribution in [0, 0.1) is 0 Å². The normalized spacial score (nSPS) is 10.2. The zero-order chi connectivity index (χ0) is 13.5. The van der Waals surface area contributed by atoms with Crippen LogP contribution in [0.15, 0.2) is 30.9 Å². The Balaban J connectivity index is 2.32. The van der Waals surface area contributed by atoms with Crippen molar-refractivity contribution >= 4 is 5.82 Å². The van der Waals surface area contributed by atoms with Crippen LogP contribution in [-0.2, 0) is 0 Å². The second kappa shape index (κ2) is 6.68. The Morgan fingerprint density at radius 3 is 2.79 bits per heavy atom. The summed E-state index contributed by atoms with van der Waals surface area (Å²) in [7, 11) is 0. The molecule has 0 aliphatic carbocycles. The SMILES string of the molecule is CCCNc1nccnc1-c1cncc(OCC)c1. The van der Waals surface area contributed by atoms with Gasteiger partial charge in [0.2, 0.25) is 0 Å². The van der Waals surface area contributed by atoms with Gasteiger partial charge in [0.1, 0.15) is 11.4 Å². The maximum atomic E-state index is 5.46. The molecule has 0 saturated carbocycles. The standard InChI is InChI=1S/C14H18N4O/c1-3-5-17-14-13(16-6-7-18-14)11-8-12(19-4-2)10-15-9-11/h6-10H,3-5H2,1-2H3,(H,17,18). The highest BCUT2D eigenvalue weighted by molar-refractivity contribution is 5.71. The van der Waals surface area contributed by atoms with Gasteiger partial charge in [-0.1, -0.05) is 6.92 Å². The molecule has 5 heteroatoms. The lowest BCUT2D eigenvalue weighted by Crippen LogP contribution is -2.04. The molecule has 100 valence electrons. The van der Waals surface area contributed by atoms with E-state index in [-0.39, 0.29) is 0 Å². The van der Waals surface area contributed by atoms with Gasteiger partial charge in [-0.15, -0.1) is 0 Å². The molecule has 0 amide bonds. The number of ether oxygens (including phenoxy) is 1. The van der Waals surface area contributed by atoms with E-state index in [2.05, 4.69) is 27.2 Å². The van der Waals surface area contributed by atoms with Crippen LogP contribution in [0.25, 0.3) is 11.3 Å². The third-order valence-electron chi connectivity index (χ3n) is 2.54. The Hall–Kier alpha value is -2.17. The van der Waals surface area contributed by atoms with Crippen molar-refractivity contribution in [1.29, 1.82) is 0 Å². The van der Waals surface area contributed by atoms with Crippen LogP contribution in [0.4, 0.5) is 5.82 Å². The number of anilines is 1. The summed E-state index contributed by atoms with van der Waals surface area (Å²) >= 11 is 0. The molecule has 0 atom stereocenters. The Labute approximate surface area is 113 Å². The summed E-state index contributed by atoms with van der Waals surface area (Å²) in [5, 5.41) is 3.27. The van der Waals surface area contributed by atoms with Crippen molar-refractivity contribution in [1.82, 2.24) is 15.0 Å². The number of nitrogens with one attached hydrogen (secondary N) is 1. The van der Waals surface area contributed by atoms with E-state index in [0.717, 1.165) is 35.8 Å². The van der Waals surface area contributed by atoms with Crippen LogP contribution >= 0.6 is 0 Å². The van der Waals surface area contributed by atoms with Gasteiger partial charge in [0.25, 0.3) is 0 Å². The fourth-order valence-electron chi connectivity index (χ4n) is 1.72. The van der Waals surface area contributed by atoms with Crippen LogP contribution < -0.4 is 10.1 Å². The highest BCUT2D eigenvalue weighted by Crippen LogP contribution is 2.25. The summed E-state index contributed by atoms with van der Waals surface area (Å²) in [6.07, 6.45) is 7.86. The summed E-state index contributed by atoms with van der Waals surface area (Å²) in [4.78, 5) is 12.9. The minimum absolute atomic E-state index is 0.618. The molecule has 1 N–H and O–H groups in total. The van der Waals surface area contributed by atoms with E-state index in [0.29, 0.717) is 6.61 Å². The molecular weight excluding hydrogens is 240 g/mol. The van der Waals surface area contributed by atoms with Crippen molar-refractivity contribution in [3.8, 4) is 17.0 Å².